The van der Waals surface area contributed by atoms with E-state index in [-0.39, 0.29) is 12.0 Å². The van der Waals surface area contributed by atoms with Gasteiger partial charge in [-0.15, -0.1) is 0 Å². The highest BCUT2D eigenvalue weighted by molar-refractivity contribution is 6.30. The van der Waals surface area contributed by atoms with Crippen LogP contribution in [0.3, 0.4) is 0 Å². The third kappa shape index (κ3) is 3.84. The van der Waals surface area contributed by atoms with Gasteiger partial charge in [0.05, 0.1) is 0 Å². The van der Waals surface area contributed by atoms with Gasteiger partial charge in [0.15, 0.2) is 0 Å². The fraction of sp³-hybridized carbons (Fsp3) is 0.538. The molecule has 0 fully saturated rings. The van der Waals surface area contributed by atoms with Crippen LogP contribution in [-0.4, -0.2) is 11.7 Å². The van der Waals surface area contributed by atoms with E-state index in [0.717, 1.165) is 24.3 Å². The quantitative estimate of drug-likeness (QED) is 0.812. The summed E-state index contributed by atoms with van der Waals surface area (Å²) in [5.41, 5.74) is 1.19. The van der Waals surface area contributed by atoms with E-state index in [2.05, 4.69) is 19.9 Å². The molecule has 2 heteroatoms. The zero-order valence-corrected chi connectivity index (χ0v) is 10.2. The molecule has 1 aromatic carbocycles. The third-order valence-electron chi connectivity index (χ3n) is 2.76. The van der Waals surface area contributed by atoms with E-state index < -0.39 is 0 Å². The van der Waals surface area contributed by atoms with E-state index in [1.807, 2.05) is 18.2 Å². The molecule has 0 heterocycles. The van der Waals surface area contributed by atoms with Gasteiger partial charge in [-0.2, -0.15) is 0 Å². The lowest BCUT2D eigenvalue weighted by Gasteiger charge is -2.26. The number of hydrogen-bond donors (Lipinski definition) is 1. The van der Waals surface area contributed by atoms with Gasteiger partial charge in [-0.1, -0.05) is 44.0 Å². The lowest BCUT2D eigenvalue weighted by Crippen LogP contribution is -2.24. The van der Waals surface area contributed by atoms with Crippen LogP contribution in [-0.2, 0) is 6.42 Å². The maximum Gasteiger partial charge on any atom is 0.0487 e. The highest BCUT2D eigenvalue weighted by Gasteiger charge is 2.22. The standard InChI is InChI=1S/C13H19ClO/c1-3-7-13(2,10-15)9-11-5-4-6-12(14)8-11/h4-6,8,15H,3,7,9-10H2,1-2H3. The van der Waals surface area contributed by atoms with Crippen LogP contribution in [0.5, 0.6) is 0 Å². The van der Waals surface area contributed by atoms with E-state index >= 15 is 0 Å². The Balaban J connectivity index is 2.74. The molecule has 1 atom stereocenters. The lowest BCUT2D eigenvalue weighted by atomic mass is 9.80. The fourth-order valence-corrected chi connectivity index (χ4v) is 2.18. The Hall–Kier alpha value is -0.530. The topological polar surface area (TPSA) is 20.2 Å². The zero-order valence-electron chi connectivity index (χ0n) is 9.46. The van der Waals surface area contributed by atoms with Crippen molar-refractivity contribution in [2.45, 2.75) is 33.1 Å². The summed E-state index contributed by atoms with van der Waals surface area (Å²) in [5, 5.41) is 10.2. The van der Waals surface area contributed by atoms with Gasteiger partial charge in [-0.25, -0.2) is 0 Å². The first kappa shape index (κ1) is 12.5. The van der Waals surface area contributed by atoms with Crippen molar-refractivity contribution in [3.8, 4) is 0 Å². The highest BCUT2D eigenvalue weighted by Crippen LogP contribution is 2.28. The molecule has 1 rings (SSSR count). The summed E-state index contributed by atoms with van der Waals surface area (Å²) in [6, 6.07) is 7.88. The smallest absolute Gasteiger partial charge is 0.0487 e. The molecule has 1 aromatic rings. The second-order valence-electron chi connectivity index (χ2n) is 4.53. The second kappa shape index (κ2) is 5.53. The van der Waals surface area contributed by atoms with Crippen LogP contribution in [0.4, 0.5) is 0 Å². The van der Waals surface area contributed by atoms with Crippen LogP contribution in [0.2, 0.25) is 5.02 Å². The number of aliphatic hydroxyl groups excluding tert-OH is 1. The summed E-state index contributed by atoms with van der Waals surface area (Å²) in [6.07, 6.45) is 3.02. The van der Waals surface area contributed by atoms with E-state index in [9.17, 15) is 5.11 Å². The summed E-state index contributed by atoms with van der Waals surface area (Å²) in [7, 11) is 0. The van der Waals surface area contributed by atoms with Gasteiger partial charge in [-0.05, 0) is 36.0 Å². The molecule has 1 nitrogen and oxygen atoms in total. The number of hydrogen-bond acceptors (Lipinski definition) is 1. The van der Waals surface area contributed by atoms with Crippen molar-refractivity contribution >= 4 is 11.6 Å². The van der Waals surface area contributed by atoms with Crippen molar-refractivity contribution in [1.29, 1.82) is 0 Å². The molecular weight excluding hydrogens is 208 g/mol. The number of benzene rings is 1. The Morgan fingerprint density at radius 1 is 1.40 bits per heavy atom. The van der Waals surface area contributed by atoms with Crippen molar-refractivity contribution in [3.05, 3.63) is 34.9 Å². The predicted molar refractivity (Wildman–Crippen MR) is 65.3 cm³/mol. The number of halogens is 1. The minimum absolute atomic E-state index is 0.0145. The van der Waals surface area contributed by atoms with Gasteiger partial charge < -0.3 is 5.11 Å². The largest absolute Gasteiger partial charge is 0.396 e. The first-order valence-electron chi connectivity index (χ1n) is 5.45. The predicted octanol–water partition coefficient (Wildman–Crippen LogP) is 3.68. The molecule has 15 heavy (non-hydrogen) atoms. The lowest BCUT2D eigenvalue weighted by molar-refractivity contribution is 0.131. The third-order valence-corrected chi connectivity index (χ3v) is 2.99. The second-order valence-corrected chi connectivity index (χ2v) is 4.96. The zero-order chi connectivity index (χ0) is 11.3. The average molecular weight is 227 g/mol. The SMILES string of the molecule is CCCC(C)(CO)Cc1cccc(Cl)c1. The van der Waals surface area contributed by atoms with Gasteiger partial charge >= 0.3 is 0 Å². The monoisotopic (exact) mass is 226 g/mol. The molecule has 84 valence electrons. The molecule has 0 aromatic heterocycles. The Morgan fingerprint density at radius 3 is 2.67 bits per heavy atom. The first-order valence-corrected chi connectivity index (χ1v) is 5.83. The summed E-state index contributed by atoms with van der Waals surface area (Å²) >= 11 is 5.93. The van der Waals surface area contributed by atoms with Gasteiger partial charge in [0.2, 0.25) is 0 Å². The van der Waals surface area contributed by atoms with Crippen LogP contribution >= 0.6 is 11.6 Å². The van der Waals surface area contributed by atoms with Crippen molar-refractivity contribution in [1.82, 2.24) is 0 Å². The fourth-order valence-electron chi connectivity index (χ4n) is 1.97. The van der Waals surface area contributed by atoms with Gasteiger partial charge in [0, 0.05) is 11.6 Å². The maximum atomic E-state index is 9.41. The average Bonchev–Trinajstić information content (AvgIpc) is 2.18. The van der Waals surface area contributed by atoms with Crippen LogP contribution < -0.4 is 0 Å². The van der Waals surface area contributed by atoms with Crippen molar-refractivity contribution < 1.29 is 5.11 Å². The van der Waals surface area contributed by atoms with Gasteiger partial charge in [0.1, 0.15) is 0 Å². The summed E-state index contributed by atoms with van der Waals surface area (Å²) in [6.45, 7) is 4.50. The summed E-state index contributed by atoms with van der Waals surface area (Å²) in [4.78, 5) is 0. The molecule has 1 N–H and O–H groups in total. The van der Waals surface area contributed by atoms with Crippen molar-refractivity contribution in [2.24, 2.45) is 5.41 Å². The van der Waals surface area contributed by atoms with Crippen LogP contribution in [0, 0.1) is 5.41 Å². The first-order chi connectivity index (χ1) is 7.09. The van der Waals surface area contributed by atoms with E-state index in [1.165, 1.54) is 5.56 Å². The Morgan fingerprint density at radius 2 is 2.13 bits per heavy atom. The van der Waals surface area contributed by atoms with Crippen molar-refractivity contribution in [3.63, 3.8) is 0 Å². The Kier molecular flexibility index (Phi) is 4.62. The summed E-state index contributed by atoms with van der Waals surface area (Å²) in [5.74, 6) is 0. The minimum atomic E-state index is -0.0145. The van der Waals surface area contributed by atoms with Gasteiger partial charge in [-0.3, -0.25) is 0 Å². The van der Waals surface area contributed by atoms with E-state index in [4.69, 9.17) is 11.6 Å². The number of aliphatic hydroxyl groups is 1. The summed E-state index contributed by atoms with van der Waals surface area (Å²) < 4.78 is 0. The Labute approximate surface area is 97.1 Å². The molecule has 0 bridgehead atoms. The molecular formula is C13H19ClO. The van der Waals surface area contributed by atoms with Gasteiger partial charge in [0.25, 0.3) is 0 Å². The van der Waals surface area contributed by atoms with E-state index in [1.54, 1.807) is 0 Å². The van der Waals surface area contributed by atoms with Crippen molar-refractivity contribution in [2.75, 3.05) is 6.61 Å². The molecule has 1 unspecified atom stereocenters. The highest BCUT2D eigenvalue weighted by atomic mass is 35.5. The molecule has 0 saturated heterocycles. The minimum Gasteiger partial charge on any atom is -0.396 e. The molecule has 0 saturated carbocycles. The van der Waals surface area contributed by atoms with Crippen LogP contribution in [0.25, 0.3) is 0 Å². The molecule has 0 amide bonds. The maximum absolute atomic E-state index is 9.41. The van der Waals surface area contributed by atoms with Crippen LogP contribution in [0.1, 0.15) is 32.3 Å². The normalized spacial score (nSPS) is 14.9. The van der Waals surface area contributed by atoms with E-state index in [0.29, 0.717) is 0 Å². The molecule has 0 aliphatic rings. The van der Waals surface area contributed by atoms with Crippen LogP contribution in [0.15, 0.2) is 24.3 Å². The Bertz CT molecular complexity index is 311. The molecule has 0 spiro atoms. The molecule has 0 aliphatic carbocycles. The molecule has 0 aliphatic heterocycles. The molecule has 0 radical (unpaired) electrons. The number of rotatable bonds is 5.